The summed E-state index contributed by atoms with van der Waals surface area (Å²) in [6, 6.07) is 7.28. The quantitative estimate of drug-likeness (QED) is 0.180. The highest BCUT2D eigenvalue weighted by Gasteiger charge is 2.33. The molecular formula is C16H20N8OS. The summed E-state index contributed by atoms with van der Waals surface area (Å²) in [6.45, 7) is 0.330. The third-order valence-electron chi connectivity index (χ3n) is 3.68. The van der Waals surface area contributed by atoms with E-state index in [0.717, 1.165) is 17.2 Å². The summed E-state index contributed by atoms with van der Waals surface area (Å²) in [5.74, 6) is 7.39. The lowest BCUT2D eigenvalue weighted by Crippen LogP contribution is -2.32. The zero-order chi connectivity index (χ0) is 18.7. The lowest BCUT2D eigenvalue weighted by atomic mass is 10.2. The van der Waals surface area contributed by atoms with Crippen molar-refractivity contribution >= 4 is 46.8 Å². The molecule has 2 aromatic rings. The second-order valence-electron chi connectivity index (χ2n) is 5.45. The fourth-order valence-electron chi connectivity index (χ4n) is 2.43. The lowest BCUT2D eigenvalue weighted by molar-refractivity contribution is 0.416. The molecule has 9 nitrogen and oxygen atoms in total. The molecule has 6 N–H and O–H groups in total. The number of nitrogens with zero attached hydrogens (tertiary/aromatic N) is 4. The SMILES string of the molecule is CN/C=C(\C=N)c1ccc(N)c(N(N)Cc2ccc3c(n2)N3OSC)n1. The first-order chi connectivity index (χ1) is 12.6. The van der Waals surface area contributed by atoms with Crippen molar-refractivity contribution in [1.82, 2.24) is 15.3 Å². The molecule has 1 aliphatic heterocycles. The highest BCUT2D eigenvalue weighted by molar-refractivity contribution is 7.94. The van der Waals surface area contributed by atoms with Gasteiger partial charge in [-0.25, -0.2) is 15.8 Å². The number of anilines is 4. The molecule has 0 aromatic carbocycles. The highest BCUT2D eigenvalue weighted by atomic mass is 32.2. The highest BCUT2D eigenvalue weighted by Crippen LogP contribution is 2.47. The Hall–Kier alpha value is -2.82. The van der Waals surface area contributed by atoms with Crippen LogP contribution in [-0.2, 0) is 10.8 Å². The molecule has 0 spiro atoms. The van der Waals surface area contributed by atoms with E-state index < -0.39 is 0 Å². The van der Waals surface area contributed by atoms with Crippen LogP contribution in [0.2, 0.25) is 0 Å². The normalized spacial score (nSPS) is 12.6. The van der Waals surface area contributed by atoms with E-state index in [9.17, 15) is 0 Å². The molecule has 1 aliphatic rings. The molecule has 2 aromatic heterocycles. The molecule has 26 heavy (non-hydrogen) atoms. The maximum absolute atomic E-state index is 7.52. The van der Waals surface area contributed by atoms with Gasteiger partial charge in [-0.15, -0.1) is 0 Å². The minimum absolute atomic E-state index is 0.330. The fourth-order valence-corrected chi connectivity index (χ4v) is 2.73. The van der Waals surface area contributed by atoms with E-state index in [-0.39, 0.29) is 0 Å². The second-order valence-corrected chi connectivity index (χ2v) is 5.93. The number of aromatic nitrogens is 2. The van der Waals surface area contributed by atoms with E-state index in [4.69, 9.17) is 21.3 Å². The van der Waals surface area contributed by atoms with E-state index in [1.807, 2.05) is 18.4 Å². The summed E-state index contributed by atoms with van der Waals surface area (Å²) in [6.07, 6.45) is 4.74. The van der Waals surface area contributed by atoms with Crippen molar-refractivity contribution in [3.8, 4) is 0 Å². The number of nitrogen functional groups attached to an aromatic ring is 1. The Kier molecular flexibility index (Phi) is 5.26. The Morgan fingerprint density at radius 1 is 1.38 bits per heavy atom. The molecule has 3 heterocycles. The van der Waals surface area contributed by atoms with E-state index in [2.05, 4.69) is 15.3 Å². The van der Waals surface area contributed by atoms with E-state index in [0.29, 0.717) is 29.3 Å². The van der Waals surface area contributed by atoms with Gasteiger partial charge in [0, 0.05) is 43.3 Å². The Balaban J connectivity index is 1.79. The van der Waals surface area contributed by atoms with Crippen molar-refractivity contribution in [2.24, 2.45) is 5.84 Å². The smallest absolute Gasteiger partial charge is 0.186 e. The van der Waals surface area contributed by atoms with Crippen LogP contribution in [0.15, 0.2) is 30.5 Å². The zero-order valence-electron chi connectivity index (χ0n) is 14.4. The molecule has 136 valence electrons. The number of nitrogens with one attached hydrogen (secondary N) is 2. The van der Waals surface area contributed by atoms with Crippen LogP contribution in [0.5, 0.6) is 0 Å². The van der Waals surface area contributed by atoms with Gasteiger partial charge in [0.25, 0.3) is 0 Å². The van der Waals surface area contributed by atoms with Crippen LogP contribution < -0.4 is 27.0 Å². The third-order valence-corrected chi connectivity index (χ3v) is 3.98. The topological polar surface area (TPSA) is 129 Å². The number of pyridine rings is 2. The number of nitrogens with two attached hydrogens (primary N) is 2. The van der Waals surface area contributed by atoms with Gasteiger partial charge < -0.3 is 16.5 Å². The molecule has 3 rings (SSSR count). The molecule has 0 amide bonds. The molecule has 0 unspecified atom stereocenters. The van der Waals surface area contributed by atoms with E-state index in [1.165, 1.54) is 23.3 Å². The number of hydrogen-bond acceptors (Lipinski definition) is 10. The standard InChI is InChI=1S/C16H20N8OS/c1-20-8-10(7-17)13-5-4-12(18)15(22-13)23(19)9-11-3-6-14-16(21-11)24(14)25-26-2/h3-8,17,20H,9,18-19H2,1-2H3/b10-8+,17-7?. The van der Waals surface area contributed by atoms with Gasteiger partial charge in [-0.2, -0.15) is 9.35 Å². The summed E-state index contributed by atoms with van der Waals surface area (Å²) in [4.78, 5) is 8.99. The Morgan fingerprint density at radius 3 is 2.88 bits per heavy atom. The number of allylic oxidation sites excluding steroid dienone is 1. The van der Waals surface area contributed by atoms with Gasteiger partial charge in [-0.1, -0.05) is 0 Å². The van der Waals surface area contributed by atoms with Crippen LogP contribution >= 0.6 is 12.0 Å². The molecule has 0 bridgehead atoms. The number of hydrazine groups is 1. The average molecular weight is 372 g/mol. The van der Waals surface area contributed by atoms with Gasteiger partial charge in [0.15, 0.2) is 11.6 Å². The number of fused-ring (bicyclic) bond motifs is 1. The zero-order valence-corrected chi connectivity index (χ0v) is 15.2. The molecular weight excluding hydrogens is 352 g/mol. The maximum Gasteiger partial charge on any atom is 0.186 e. The van der Waals surface area contributed by atoms with Gasteiger partial charge in [-0.05, 0) is 24.3 Å². The van der Waals surface area contributed by atoms with Crippen LogP contribution in [0.1, 0.15) is 11.4 Å². The first kappa shape index (κ1) is 18.0. The second kappa shape index (κ2) is 7.60. The Bertz CT molecular complexity index is 856. The van der Waals surface area contributed by atoms with Crippen molar-refractivity contribution in [3.05, 3.63) is 41.9 Å². The van der Waals surface area contributed by atoms with Gasteiger partial charge in [0.05, 0.1) is 23.6 Å². The van der Waals surface area contributed by atoms with Crippen molar-refractivity contribution in [1.29, 1.82) is 5.41 Å². The van der Waals surface area contributed by atoms with Crippen molar-refractivity contribution in [3.63, 3.8) is 0 Å². The summed E-state index contributed by atoms with van der Waals surface area (Å²) < 4.78 is 5.34. The number of hydrogen-bond donors (Lipinski definition) is 4. The van der Waals surface area contributed by atoms with Crippen LogP contribution in [-0.4, -0.2) is 29.5 Å². The molecule has 0 atom stereocenters. The summed E-state index contributed by atoms with van der Waals surface area (Å²) >= 11 is 1.25. The maximum atomic E-state index is 7.52. The third kappa shape index (κ3) is 3.57. The predicted molar refractivity (Wildman–Crippen MR) is 106 cm³/mol. The molecule has 0 radical (unpaired) electrons. The largest absolute Gasteiger partial charge is 0.396 e. The fraction of sp³-hybridized carbons (Fsp3) is 0.188. The minimum Gasteiger partial charge on any atom is -0.396 e. The van der Waals surface area contributed by atoms with Gasteiger partial charge in [-0.3, -0.25) is 5.01 Å². The van der Waals surface area contributed by atoms with Gasteiger partial charge in [0.1, 0.15) is 5.69 Å². The molecule has 0 fully saturated rings. The average Bonchev–Trinajstić information content (AvgIpc) is 3.32. The predicted octanol–water partition coefficient (Wildman–Crippen LogP) is 1.81. The Labute approximate surface area is 155 Å². The van der Waals surface area contributed by atoms with Crippen LogP contribution in [0.4, 0.5) is 23.0 Å². The summed E-state index contributed by atoms with van der Waals surface area (Å²) in [7, 11) is 1.76. The molecule has 0 saturated carbocycles. The Morgan fingerprint density at radius 2 is 2.19 bits per heavy atom. The molecule has 0 aliphatic carbocycles. The van der Waals surface area contributed by atoms with Crippen LogP contribution in [0.3, 0.4) is 0 Å². The van der Waals surface area contributed by atoms with Gasteiger partial charge in [0.2, 0.25) is 0 Å². The van der Waals surface area contributed by atoms with Crippen LogP contribution in [0, 0.1) is 5.41 Å². The van der Waals surface area contributed by atoms with E-state index in [1.54, 1.807) is 30.4 Å². The van der Waals surface area contributed by atoms with Crippen molar-refractivity contribution in [2.75, 3.05) is 29.1 Å². The van der Waals surface area contributed by atoms with Gasteiger partial charge >= 0.3 is 0 Å². The first-order valence-electron chi connectivity index (χ1n) is 7.77. The van der Waals surface area contributed by atoms with E-state index >= 15 is 0 Å². The van der Waals surface area contributed by atoms with Crippen molar-refractivity contribution in [2.45, 2.75) is 6.54 Å². The lowest BCUT2D eigenvalue weighted by Gasteiger charge is -2.19. The monoisotopic (exact) mass is 372 g/mol. The van der Waals surface area contributed by atoms with Crippen LogP contribution in [0.25, 0.3) is 5.57 Å². The summed E-state index contributed by atoms with van der Waals surface area (Å²) in [5, 5.41) is 13.5. The van der Waals surface area contributed by atoms with Crippen molar-refractivity contribution < 1.29 is 4.28 Å². The first-order valence-corrected chi connectivity index (χ1v) is 8.92. The minimum atomic E-state index is 0.330. The number of rotatable bonds is 8. The molecule has 10 heteroatoms. The molecule has 0 saturated heterocycles. The summed E-state index contributed by atoms with van der Waals surface area (Å²) in [5.41, 5.74) is 9.41.